The van der Waals surface area contributed by atoms with Crippen molar-refractivity contribution in [3.05, 3.63) is 42.0 Å². The number of nitriles is 1. The van der Waals surface area contributed by atoms with E-state index in [1.165, 1.54) is 6.08 Å². The molecule has 0 bridgehead atoms. The van der Waals surface area contributed by atoms with Gasteiger partial charge in [0, 0.05) is 18.2 Å². The first-order valence-corrected chi connectivity index (χ1v) is 5.21. The number of hydrogen-bond donors (Lipinski definition) is 2. The van der Waals surface area contributed by atoms with Crippen LogP contribution in [-0.2, 0) is 0 Å². The van der Waals surface area contributed by atoms with Crippen LogP contribution in [0.3, 0.4) is 0 Å². The van der Waals surface area contributed by atoms with Gasteiger partial charge in [0.25, 0.3) is 0 Å². The first-order valence-electron chi connectivity index (χ1n) is 5.21. The highest BCUT2D eigenvalue weighted by Crippen LogP contribution is 2.11. The van der Waals surface area contributed by atoms with Gasteiger partial charge in [-0.05, 0) is 19.4 Å². The van der Waals surface area contributed by atoms with Gasteiger partial charge in [-0.25, -0.2) is 0 Å². The van der Waals surface area contributed by atoms with Crippen LogP contribution >= 0.6 is 0 Å². The predicted octanol–water partition coefficient (Wildman–Crippen LogP) is 1.88. The average molecular weight is 215 g/mol. The summed E-state index contributed by atoms with van der Waals surface area (Å²) in [7, 11) is 0. The van der Waals surface area contributed by atoms with Crippen LogP contribution < -0.4 is 11.1 Å². The van der Waals surface area contributed by atoms with Crippen molar-refractivity contribution in [2.24, 2.45) is 5.73 Å². The second-order valence-electron chi connectivity index (χ2n) is 4.40. The maximum atomic E-state index is 8.73. The van der Waals surface area contributed by atoms with E-state index in [1.54, 1.807) is 0 Å². The van der Waals surface area contributed by atoms with Gasteiger partial charge in [-0.2, -0.15) is 5.26 Å². The highest BCUT2D eigenvalue weighted by atomic mass is 14.9. The SMILES string of the molecule is CC(C)(N)CN/C(=C/C#N)c1ccccc1. The van der Waals surface area contributed by atoms with Crippen molar-refractivity contribution in [2.75, 3.05) is 6.54 Å². The minimum atomic E-state index is -0.302. The summed E-state index contributed by atoms with van der Waals surface area (Å²) in [6, 6.07) is 11.8. The quantitative estimate of drug-likeness (QED) is 0.754. The molecule has 0 saturated heterocycles. The maximum absolute atomic E-state index is 8.73. The third kappa shape index (κ3) is 4.16. The molecule has 0 spiro atoms. The standard InChI is InChI=1S/C13H17N3/c1-13(2,15)10-16-12(8-9-14)11-6-4-3-5-7-11/h3-8,16H,10,15H2,1-2H3/b12-8+. The zero-order chi connectivity index (χ0) is 12.0. The Morgan fingerprint density at radius 1 is 1.44 bits per heavy atom. The molecule has 1 rings (SSSR count). The Labute approximate surface area is 96.6 Å². The van der Waals surface area contributed by atoms with Gasteiger partial charge in [0.15, 0.2) is 0 Å². The molecule has 3 nitrogen and oxygen atoms in total. The molecular formula is C13H17N3. The smallest absolute Gasteiger partial charge is 0.0933 e. The number of nitrogens with two attached hydrogens (primary N) is 1. The van der Waals surface area contributed by atoms with Gasteiger partial charge in [0.2, 0.25) is 0 Å². The van der Waals surface area contributed by atoms with Crippen LogP contribution in [0, 0.1) is 11.3 Å². The Kier molecular flexibility index (Phi) is 4.10. The van der Waals surface area contributed by atoms with E-state index in [0.29, 0.717) is 6.54 Å². The molecule has 0 amide bonds. The molecule has 1 aromatic rings. The van der Waals surface area contributed by atoms with Crippen molar-refractivity contribution in [1.29, 1.82) is 5.26 Å². The Hall–Kier alpha value is -1.79. The van der Waals surface area contributed by atoms with Gasteiger partial charge in [-0.1, -0.05) is 30.3 Å². The fourth-order valence-electron chi connectivity index (χ4n) is 1.24. The average Bonchev–Trinajstić information content (AvgIpc) is 2.24. The van der Waals surface area contributed by atoms with Crippen LogP contribution in [0.1, 0.15) is 19.4 Å². The van der Waals surface area contributed by atoms with E-state index in [0.717, 1.165) is 11.3 Å². The van der Waals surface area contributed by atoms with Crippen LogP contribution in [0.2, 0.25) is 0 Å². The van der Waals surface area contributed by atoms with E-state index in [1.807, 2.05) is 50.2 Å². The number of hydrogen-bond acceptors (Lipinski definition) is 3. The zero-order valence-electron chi connectivity index (χ0n) is 9.70. The molecule has 0 aliphatic rings. The summed E-state index contributed by atoms with van der Waals surface area (Å²) in [5.41, 5.74) is 7.38. The van der Waals surface area contributed by atoms with E-state index in [4.69, 9.17) is 11.0 Å². The Morgan fingerprint density at radius 2 is 2.06 bits per heavy atom. The van der Waals surface area contributed by atoms with Gasteiger partial charge in [0.05, 0.1) is 11.8 Å². The maximum Gasteiger partial charge on any atom is 0.0933 e. The largest absolute Gasteiger partial charge is 0.382 e. The highest BCUT2D eigenvalue weighted by Gasteiger charge is 2.11. The van der Waals surface area contributed by atoms with Crippen LogP contribution in [-0.4, -0.2) is 12.1 Å². The molecule has 3 N–H and O–H groups in total. The van der Waals surface area contributed by atoms with E-state index < -0.39 is 0 Å². The van der Waals surface area contributed by atoms with Gasteiger partial charge in [0.1, 0.15) is 0 Å². The summed E-state index contributed by atoms with van der Waals surface area (Å²) in [6.07, 6.45) is 1.50. The van der Waals surface area contributed by atoms with E-state index in [2.05, 4.69) is 5.32 Å². The number of benzene rings is 1. The number of nitrogens with one attached hydrogen (secondary N) is 1. The van der Waals surface area contributed by atoms with Crippen molar-refractivity contribution >= 4 is 5.70 Å². The molecule has 16 heavy (non-hydrogen) atoms. The third-order valence-corrected chi connectivity index (χ3v) is 2.03. The molecule has 0 aliphatic heterocycles. The Balaban J connectivity index is 2.79. The molecule has 0 radical (unpaired) electrons. The van der Waals surface area contributed by atoms with Crippen LogP contribution in [0.25, 0.3) is 5.70 Å². The third-order valence-electron chi connectivity index (χ3n) is 2.03. The van der Waals surface area contributed by atoms with Crippen molar-refractivity contribution in [1.82, 2.24) is 5.32 Å². The van der Waals surface area contributed by atoms with Crippen molar-refractivity contribution in [3.63, 3.8) is 0 Å². The predicted molar refractivity (Wildman–Crippen MR) is 66.3 cm³/mol. The molecule has 0 aromatic heterocycles. The fourth-order valence-corrected chi connectivity index (χ4v) is 1.24. The lowest BCUT2D eigenvalue weighted by Crippen LogP contribution is -2.42. The van der Waals surface area contributed by atoms with E-state index in [9.17, 15) is 0 Å². The monoisotopic (exact) mass is 215 g/mol. The van der Waals surface area contributed by atoms with Gasteiger partial charge >= 0.3 is 0 Å². The molecule has 1 aromatic carbocycles. The second kappa shape index (κ2) is 5.34. The first-order chi connectivity index (χ1) is 7.53. The van der Waals surface area contributed by atoms with Crippen LogP contribution in [0.5, 0.6) is 0 Å². The van der Waals surface area contributed by atoms with Crippen LogP contribution in [0.15, 0.2) is 36.4 Å². The molecule has 0 fully saturated rings. The summed E-state index contributed by atoms with van der Waals surface area (Å²) in [6.45, 7) is 4.50. The van der Waals surface area contributed by atoms with Crippen LogP contribution in [0.4, 0.5) is 0 Å². The molecule has 0 heterocycles. The van der Waals surface area contributed by atoms with Gasteiger partial charge < -0.3 is 11.1 Å². The summed E-state index contributed by atoms with van der Waals surface area (Å²) < 4.78 is 0. The lowest BCUT2D eigenvalue weighted by atomic mass is 10.1. The normalized spacial score (nSPS) is 12.0. The van der Waals surface area contributed by atoms with Crippen molar-refractivity contribution < 1.29 is 0 Å². The molecular weight excluding hydrogens is 198 g/mol. The number of nitrogens with zero attached hydrogens (tertiary/aromatic N) is 1. The molecule has 0 aliphatic carbocycles. The number of rotatable bonds is 4. The van der Waals surface area contributed by atoms with Crippen molar-refractivity contribution in [2.45, 2.75) is 19.4 Å². The first kappa shape index (κ1) is 12.3. The zero-order valence-corrected chi connectivity index (χ0v) is 9.70. The highest BCUT2D eigenvalue weighted by molar-refractivity contribution is 5.65. The van der Waals surface area contributed by atoms with Crippen molar-refractivity contribution in [3.8, 4) is 6.07 Å². The van der Waals surface area contributed by atoms with Gasteiger partial charge in [-0.15, -0.1) is 0 Å². The topological polar surface area (TPSA) is 61.8 Å². The lowest BCUT2D eigenvalue weighted by molar-refractivity contribution is 0.504. The van der Waals surface area contributed by atoms with Gasteiger partial charge in [-0.3, -0.25) is 0 Å². The van der Waals surface area contributed by atoms with E-state index >= 15 is 0 Å². The van der Waals surface area contributed by atoms with E-state index in [-0.39, 0.29) is 5.54 Å². The molecule has 0 saturated carbocycles. The summed E-state index contributed by atoms with van der Waals surface area (Å²) in [4.78, 5) is 0. The summed E-state index contributed by atoms with van der Waals surface area (Å²) in [5, 5.41) is 11.9. The molecule has 0 unspecified atom stereocenters. The lowest BCUT2D eigenvalue weighted by Gasteiger charge is -2.21. The summed E-state index contributed by atoms with van der Waals surface area (Å²) in [5.74, 6) is 0. The summed E-state index contributed by atoms with van der Waals surface area (Å²) >= 11 is 0. The molecule has 3 heteroatoms. The Bertz CT molecular complexity index is 393. The number of allylic oxidation sites excluding steroid dienone is 1. The molecule has 84 valence electrons. The Morgan fingerprint density at radius 3 is 2.56 bits per heavy atom. The molecule has 0 atom stereocenters. The minimum Gasteiger partial charge on any atom is -0.382 e. The second-order valence-corrected chi connectivity index (χ2v) is 4.40. The minimum absolute atomic E-state index is 0.302. The fraction of sp³-hybridized carbons (Fsp3) is 0.308.